The summed E-state index contributed by atoms with van der Waals surface area (Å²) in [6, 6.07) is 57.6. The number of hydrogen-bond donors (Lipinski definition) is 1. The summed E-state index contributed by atoms with van der Waals surface area (Å²) in [6.45, 7) is 4.75. The van der Waals surface area contributed by atoms with Crippen LogP contribution in [0.1, 0.15) is 66.8 Å². The number of furan rings is 1. The van der Waals surface area contributed by atoms with Gasteiger partial charge in [-0.3, -0.25) is 0 Å². The van der Waals surface area contributed by atoms with Gasteiger partial charge in [0, 0.05) is 50.3 Å². The van der Waals surface area contributed by atoms with Crippen molar-refractivity contribution in [2.45, 2.75) is 50.5 Å². The third kappa shape index (κ3) is 7.00. The summed E-state index contributed by atoms with van der Waals surface area (Å²) in [4.78, 5) is 2.58. The molecule has 0 bridgehead atoms. The predicted molar refractivity (Wildman–Crippen MR) is 274 cm³/mol. The summed E-state index contributed by atoms with van der Waals surface area (Å²) >= 11 is 0. The lowest BCUT2D eigenvalue weighted by molar-refractivity contribution is 0.576. The van der Waals surface area contributed by atoms with Crippen molar-refractivity contribution in [2.24, 2.45) is 0 Å². The summed E-state index contributed by atoms with van der Waals surface area (Å²) in [5.41, 5.74) is 18.1. The molecular weight excluding hydrogens is 789 g/mol. The molecule has 4 aliphatic rings. The lowest BCUT2D eigenvalue weighted by atomic mass is 9.82. The molecule has 0 spiro atoms. The molecule has 0 amide bonds. The smallest absolute Gasteiger partial charge is 0.135 e. The van der Waals surface area contributed by atoms with Gasteiger partial charge in [0.1, 0.15) is 11.0 Å². The molecule has 314 valence electrons. The molecular formula is C62H50N2O. The summed E-state index contributed by atoms with van der Waals surface area (Å²) in [5, 5.41) is 8.63. The first-order valence-electron chi connectivity index (χ1n) is 23.1. The molecule has 0 aliphatic heterocycles. The largest absolute Gasteiger partial charge is 0.456 e. The highest BCUT2D eigenvalue weighted by Gasteiger charge is 2.36. The van der Waals surface area contributed by atoms with Gasteiger partial charge in [-0.25, -0.2) is 0 Å². The molecule has 1 N–H and O–H groups in total. The number of allylic oxidation sites excluding steroid dienone is 7. The van der Waals surface area contributed by atoms with Crippen molar-refractivity contribution in [1.82, 2.24) is 0 Å². The second-order valence-electron chi connectivity index (χ2n) is 18.4. The second-order valence-corrected chi connectivity index (χ2v) is 18.4. The standard InChI is InChI=1S/C62H50N2O/c1-62(2)57-19-8-5-16-53(57)54-37-36-51(40-58(54)62)64(50-34-28-44(29-35-50)46-23-22-41-12-3-4-13-45(41)38-46)49-32-26-43(27-33-49)42-24-30-48(31-25-42)63-59-20-9-6-15-52(59)47-14-11-18-56-55-17-7-10-21-60(55)65-61(56)39-47/h3-10,12-26,28-34,36-40,43,50,63H,11,27,35H2,1-2H3. The number of hydrogen-bond acceptors (Lipinski definition) is 3. The van der Waals surface area contributed by atoms with E-state index in [0.717, 1.165) is 58.2 Å². The molecule has 0 radical (unpaired) electrons. The lowest BCUT2D eigenvalue weighted by Gasteiger charge is -2.36. The van der Waals surface area contributed by atoms with Crippen molar-refractivity contribution in [3.8, 4) is 11.1 Å². The Kier molecular flexibility index (Phi) is 9.52. The minimum Gasteiger partial charge on any atom is -0.456 e. The second kappa shape index (κ2) is 15.9. The average molecular weight is 839 g/mol. The first-order chi connectivity index (χ1) is 31.9. The predicted octanol–water partition coefficient (Wildman–Crippen LogP) is 14.5. The minimum absolute atomic E-state index is 0.0760. The Balaban J connectivity index is 0.804. The third-order valence-corrected chi connectivity index (χ3v) is 14.2. The SMILES string of the molecule is CC1(C)c2ccccc2-c2ccc(N(C3=CCC(c4ccc(Nc5ccccc5C5=CCC=c6c(oc7ccccc67)=C5)cc4)C=C3)C3C=CC(c4ccc5ccccc5c4)=CC3)cc21. The monoisotopic (exact) mass is 838 g/mol. The quantitative estimate of drug-likeness (QED) is 0.165. The fourth-order valence-electron chi connectivity index (χ4n) is 10.7. The number of para-hydroxylation sites is 2. The highest BCUT2D eigenvalue weighted by molar-refractivity contribution is 5.95. The molecule has 0 saturated heterocycles. The van der Waals surface area contributed by atoms with Gasteiger partial charge in [0.2, 0.25) is 0 Å². The molecule has 8 aromatic rings. The van der Waals surface area contributed by atoms with Crippen molar-refractivity contribution in [1.29, 1.82) is 0 Å². The van der Waals surface area contributed by atoms with Gasteiger partial charge in [0.15, 0.2) is 0 Å². The Bertz CT molecular complexity index is 3480. The van der Waals surface area contributed by atoms with Crippen molar-refractivity contribution >= 4 is 62.1 Å². The van der Waals surface area contributed by atoms with E-state index in [1.807, 2.05) is 12.1 Å². The normalized spacial score (nSPS) is 18.0. The van der Waals surface area contributed by atoms with E-state index in [-0.39, 0.29) is 17.4 Å². The molecule has 4 aliphatic carbocycles. The Labute approximate surface area is 381 Å². The summed E-state index contributed by atoms with van der Waals surface area (Å²) in [5.74, 6) is 0.289. The van der Waals surface area contributed by atoms with Crippen LogP contribution in [0.2, 0.25) is 0 Å². The van der Waals surface area contributed by atoms with Crippen molar-refractivity contribution in [3.63, 3.8) is 0 Å². The third-order valence-electron chi connectivity index (χ3n) is 14.2. The molecule has 65 heavy (non-hydrogen) atoms. The Morgan fingerprint density at radius 3 is 2.23 bits per heavy atom. The maximum atomic E-state index is 6.32. The van der Waals surface area contributed by atoms with Crippen molar-refractivity contribution in [3.05, 3.63) is 244 Å². The van der Waals surface area contributed by atoms with Crippen molar-refractivity contribution in [2.75, 3.05) is 10.2 Å². The molecule has 0 saturated carbocycles. The molecule has 7 aromatic carbocycles. The first-order valence-corrected chi connectivity index (χ1v) is 23.1. The van der Waals surface area contributed by atoms with E-state index in [1.54, 1.807) is 0 Å². The zero-order valence-electron chi connectivity index (χ0n) is 36.8. The molecule has 3 nitrogen and oxygen atoms in total. The zero-order valence-corrected chi connectivity index (χ0v) is 36.8. The lowest BCUT2D eigenvalue weighted by Crippen LogP contribution is -2.34. The highest BCUT2D eigenvalue weighted by atomic mass is 16.3. The fourth-order valence-corrected chi connectivity index (χ4v) is 10.7. The van der Waals surface area contributed by atoms with Crippen LogP contribution in [0.4, 0.5) is 17.1 Å². The Morgan fingerprint density at radius 1 is 0.600 bits per heavy atom. The van der Waals surface area contributed by atoms with E-state index in [1.165, 1.54) is 66.3 Å². The van der Waals surface area contributed by atoms with Crippen LogP contribution < -0.4 is 20.9 Å². The van der Waals surface area contributed by atoms with Gasteiger partial charge in [-0.1, -0.05) is 172 Å². The van der Waals surface area contributed by atoms with Crippen LogP contribution in [0, 0.1) is 0 Å². The molecule has 1 aromatic heterocycles. The van der Waals surface area contributed by atoms with Gasteiger partial charge in [-0.15, -0.1) is 0 Å². The summed E-state index contributed by atoms with van der Waals surface area (Å²) < 4.78 is 6.32. The molecule has 2 unspecified atom stereocenters. The van der Waals surface area contributed by atoms with Gasteiger partial charge in [0.25, 0.3) is 0 Å². The van der Waals surface area contributed by atoms with Gasteiger partial charge in [0.05, 0.1) is 6.04 Å². The molecule has 0 fully saturated rings. The van der Waals surface area contributed by atoms with Gasteiger partial charge in [-0.2, -0.15) is 0 Å². The highest BCUT2D eigenvalue weighted by Crippen LogP contribution is 2.50. The van der Waals surface area contributed by atoms with Crippen LogP contribution in [-0.2, 0) is 5.41 Å². The van der Waals surface area contributed by atoms with E-state index in [4.69, 9.17) is 4.42 Å². The van der Waals surface area contributed by atoms with Gasteiger partial charge >= 0.3 is 0 Å². The van der Waals surface area contributed by atoms with Crippen LogP contribution in [-0.4, -0.2) is 6.04 Å². The van der Waals surface area contributed by atoms with Crippen LogP contribution in [0.15, 0.2) is 210 Å². The Morgan fingerprint density at radius 2 is 1.38 bits per heavy atom. The number of rotatable bonds is 8. The summed E-state index contributed by atoms with van der Waals surface area (Å²) in [7, 11) is 0. The van der Waals surface area contributed by atoms with Crippen LogP contribution >= 0.6 is 0 Å². The number of nitrogens with one attached hydrogen (secondary N) is 1. The van der Waals surface area contributed by atoms with E-state index in [2.05, 4.69) is 224 Å². The molecule has 12 rings (SSSR count). The molecule has 3 heteroatoms. The van der Waals surface area contributed by atoms with Crippen LogP contribution in [0.25, 0.3) is 56.2 Å². The van der Waals surface area contributed by atoms with E-state index >= 15 is 0 Å². The number of fused-ring (bicyclic) bond motifs is 7. The molecule has 2 atom stereocenters. The van der Waals surface area contributed by atoms with Crippen molar-refractivity contribution < 1.29 is 4.42 Å². The zero-order chi connectivity index (χ0) is 43.5. The first kappa shape index (κ1) is 39.0. The van der Waals surface area contributed by atoms with Gasteiger partial charge in [-0.05, 0) is 129 Å². The van der Waals surface area contributed by atoms with E-state index in [9.17, 15) is 0 Å². The van der Waals surface area contributed by atoms with Gasteiger partial charge < -0.3 is 14.6 Å². The topological polar surface area (TPSA) is 28.4 Å². The maximum Gasteiger partial charge on any atom is 0.135 e. The molecule has 1 heterocycles. The van der Waals surface area contributed by atoms with Crippen LogP contribution in [0.3, 0.4) is 0 Å². The average Bonchev–Trinajstić information content (AvgIpc) is 3.71. The van der Waals surface area contributed by atoms with E-state index in [0.29, 0.717) is 0 Å². The summed E-state index contributed by atoms with van der Waals surface area (Å²) in [6.07, 6.45) is 23.9. The minimum atomic E-state index is -0.0760. The Hall–Kier alpha value is -7.62. The van der Waals surface area contributed by atoms with E-state index < -0.39 is 0 Å². The number of anilines is 3. The number of nitrogens with zero attached hydrogens (tertiary/aromatic N) is 1. The van der Waals surface area contributed by atoms with Crippen LogP contribution in [0.5, 0.6) is 0 Å². The number of benzene rings is 7. The maximum absolute atomic E-state index is 6.32. The fraction of sp³-hybridized carbons (Fsp3) is 0.129.